The Hall–Kier alpha value is -2.04. The monoisotopic (exact) mass is 358 g/mol. The van der Waals surface area contributed by atoms with Crippen LogP contribution in [0.5, 0.6) is 5.75 Å². The van der Waals surface area contributed by atoms with Crippen molar-refractivity contribution in [1.82, 2.24) is 9.80 Å². The van der Waals surface area contributed by atoms with Crippen LogP contribution < -0.4 is 4.74 Å². The van der Waals surface area contributed by atoms with Crippen LogP contribution in [0.4, 0.5) is 0 Å². The average molecular weight is 358 g/mol. The fourth-order valence-corrected chi connectivity index (χ4v) is 3.70. The van der Waals surface area contributed by atoms with Crippen LogP contribution in [0.1, 0.15) is 56.8 Å². The first-order valence-electron chi connectivity index (χ1n) is 9.69. The second kappa shape index (κ2) is 7.68. The highest BCUT2D eigenvalue weighted by atomic mass is 16.5. The molecule has 0 unspecified atom stereocenters. The van der Waals surface area contributed by atoms with Crippen LogP contribution in [-0.2, 0) is 4.79 Å². The molecule has 0 aliphatic carbocycles. The molecule has 2 heterocycles. The SMILES string of the molecule is CC(C)(C)C(=O)N1CCC[C@@H]1COc1ccc(C(=O)N2CCCC2)cc1. The van der Waals surface area contributed by atoms with E-state index in [1.54, 1.807) is 0 Å². The Kier molecular flexibility index (Phi) is 5.54. The van der Waals surface area contributed by atoms with Gasteiger partial charge in [-0.2, -0.15) is 0 Å². The minimum atomic E-state index is -0.361. The number of ether oxygens (including phenoxy) is 1. The van der Waals surface area contributed by atoms with Gasteiger partial charge in [0.25, 0.3) is 5.91 Å². The third-order valence-corrected chi connectivity index (χ3v) is 5.22. The summed E-state index contributed by atoms with van der Waals surface area (Å²) in [4.78, 5) is 28.8. The van der Waals surface area contributed by atoms with Gasteiger partial charge in [-0.1, -0.05) is 20.8 Å². The van der Waals surface area contributed by atoms with Gasteiger partial charge in [0.2, 0.25) is 5.91 Å². The van der Waals surface area contributed by atoms with Crippen molar-refractivity contribution in [2.24, 2.45) is 5.41 Å². The summed E-state index contributed by atoms with van der Waals surface area (Å²) in [5.74, 6) is 1.04. The van der Waals surface area contributed by atoms with Crippen molar-refractivity contribution in [3.05, 3.63) is 29.8 Å². The molecular formula is C21H30N2O3. The molecule has 2 amide bonds. The highest BCUT2D eigenvalue weighted by molar-refractivity contribution is 5.94. The Morgan fingerprint density at radius 2 is 1.69 bits per heavy atom. The normalized spacial score (nSPS) is 20.5. The lowest BCUT2D eigenvalue weighted by molar-refractivity contribution is -0.140. The zero-order valence-corrected chi connectivity index (χ0v) is 16.2. The largest absolute Gasteiger partial charge is 0.491 e. The van der Waals surface area contributed by atoms with Gasteiger partial charge < -0.3 is 14.5 Å². The molecule has 1 atom stereocenters. The lowest BCUT2D eigenvalue weighted by Crippen LogP contribution is -2.44. The van der Waals surface area contributed by atoms with E-state index in [-0.39, 0.29) is 23.3 Å². The molecule has 2 aliphatic heterocycles. The van der Waals surface area contributed by atoms with E-state index in [0.29, 0.717) is 12.2 Å². The third kappa shape index (κ3) is 4.19. The van der Waals surface area contributed by atoms with E-state index in [1.807, 2.05) is 54.8 Å². The summed E-state index contributed by atoms with van der Waals surface area (Å²) in [7, 11) is 0. The second-order valence-corrected chi connectivity index (χ2v) is 8.38. The van der Waals surface area contributed by atoms with E-state index in [0.717, 1.165) is 51.1 Å². The third-order valence-electron chi connectivity index (χ3n) is 5.22. The summed E-state index contributed by atoms with van der Waals surface area (Å²) in [6, 6.07) is 7.51. The number of amides is 2. The van der Waals surface area contributed by atoms with Crippen LogP contribution >= 0.6 is 0 Å². The zero-order chi connectivity index (χ0) is 18.7. The van der Waals surface area contributed by atoms with Gasteiger partial charge in [0.1, 0.15) is 12.4 Å². The molecule has 0 N–H and O–H groups in total. The molecule has 2 saturated heterocycles. The van der Waals surface area contributed by atoms with Crippen molar-refractivity contribution < 1.29 is 14.3 Å². The minimum absolute atomic E-state index is 0.104. The Morgan fingerprint density at radius 1 is 1.04 bits per heavy atom. The summed E-state index contributed by atoms with van der Waals surface area (Å²) >= 11 is 0. The van der Waals surface area contributed by atoms with Crippen LogP contribution in [0, 0.1) is 5.41 Å². The number of hydrogen-bond donors (Lipinski definition) is 0. The molecule has 0 bridgehead atoms. The maximum absolute atomic E-state index is 12.6. The number of rotatable bonds is 4. The number of carbonyl (C=O) groups is 2. The molecule has 26 heavy (non-hydrogen) atoms. The first-order valence-corrected chi connectivity index (χ1v) is 9.69. The summed E-state index contributed by atoms with van der Waals surface area (Å²) in [6.07, 6.45) is 4.20. The van der Waals surface area contributed by atoms with Crippen molar-refractivity contribution in [3.8, 4) is 5.75 Å². The molecule has 1 aromatic carbocycles. The Morgan fingerprint density at radius 3 is 2.31 bits per heavy atom. The second-order valence-electron chi connectivity index (χ2n) is 8.38. The van der Waals surface area contributed by atoms with E-state index < -0.39 is 0 Å². The molecule has 142 valence electrons. The predicted molar refractivity (Wildman–Crippen MR) is 101 cm³/mol. The molecule has 0 aromatic heterocycles. The molecule has 5 heteroatoms. The molecule has 0 radical (unpaired) electrons. The van der Waals surface area contributed by atoms with Crippen LogP contribution in [0.15, 0.2) is 24.3 Å². The standard InChI is InChI=1S/C21H30N2O3/c1-21(2,3)20(25)23-14-6-7-17(23)15-26-18-10-8-16(9-11-18)19(24)22-12-4-5-13-22/h8-11,17H,4-7,12-15H2,1-3H3/t17-/m1/s1. The van der Waals surface area contributed by atoms with Gasteiger partial charge in [0.15, 0.2) is 0 Å². The molecule has 0 spiro atoms. The number of benzene rings is 1. The first-order chi connectivity index (χ1) is 12.4. The van der Waals surface area contributed by atoms with Gasteiger partial charge in [-0.25, -0.2) is 0 Å². The lowest BCUT2D eigenvalue weighted by Gasteiger charge is -2.30. The zero-order valence-electron chi connectivity index (χ0n) is 16.2. The fourth-order valence-electron chi connectivity index (χ4n) is 3.70. The number of nitrogens with zero attached hydrogens (tertiary/aromatic N) is 2. The summed E-state index contributed by atoms with van der Waals surface area (Å²) in [5.41, 5.74) is 0.352. The van der Waals surface area contributed by atoms with Crippen molar-refractivity contribution in [3.63, 3.8) is 0 Å². The fraction of sp³-hybridized carbons (Fsp3) is 0.619. The lowest BCUT2D eigenvalue weighted by atomic mass is 9.94. The average Bonchev–Trinajstić information content (AvgIpc) is 3.30. The van der Waals surface area contributed by atoms with Crippen LogP contribution in [0.25, 0.3) is 0 Å². The molecule has 3 rings (SSSR count). The van der Waals surface area contributed by atoms with Crippen LogP contribution in [0.3, 0.4) is 0 Å². The van der Waals surface area contributed by atoms with E-state index in [1.165, 1.54) is 0 Å². The Bertz CT molecular complexity index is 642. The molecule has 2 fully saturated rings. The minimum Gasteiger partial charge on any atom is -0.491 e. The molecule has 5 nitrogen and oxygen atoms in total. The summed E-state index contributed by atoms with van der Waals surface area (Å²) in [6.45, 7) is 8.91. The Labute approximate surface area is 156 Å². The maximum Gasteiger partial charge on any atom is 0.253 e. The molecule has 1 aromatic rings. The van der Waals surface area contributed by atoms with Crippen LogP contribution in [-0.4, -0.2) is 53.9 Å². The van der Waals surface area contributed by atoms with Crippen LogP contribution in [0.2, 0.25) is 0 Å². The summed E-state index contributed by atoms with van der Waals surface area (Å²) in [5, 5.41) is 0. The van der Waals surface area contributed by atoms with Crippen molar-refractivity contribution >= 4 is 11.8 Å². The van der Waals surface area contributed by atoms with E-state index in [2.05, 4.69) is 0 Å². The first kappa shape index (κ1) is 18.7. The van der Waals surface area contributed by atoms with Gasteiger partial charge in [-0.3, -0.25) is 9.59 Å². The highest BCUT2D eigenvalue weighted by Crippen LogP contribution is 2.26. The topological polar surface area (TPSA) is 49.9 Å². The van der Waals surface area contributed by atoms with Gasteiger partial charge in [0.05, 0.1) is 6.04 Å². The van der Waals surface area contributed by atoms with E-state index in [4.69, 9.17) is 4.74 Å². The summed E-state index contributed by atoms with van der Waals surface area (Å²) < 4.78 is 5.92. The molecule has 2 aliphatic rings. The van der Waals surface area contributed by atoms with Gasteiger partial charge in [-0.15, -0.1) is 0 Å². The van der Waals surface area contributed by atoms with E-state index in [9.17, 15) is 9.59 Å². The van der Waals surface area contributed by atoms with Crippen molar-refractivity contribution in [2.45, 2.75) is 52.5 Å². The van der Waals surface area contributed by atoms with Gasteiger partial charge in [0, 0.05) is 30.6 Å². The van der Waals surface area contributed by atoms with E-state index >= 15 is 0 Å². The number of carbonyl (C=O) groups excluding carboxylic acids is 2. The number of likely N-dealkylation sites (tertiary alicyclic amines) is 2. The van der Waals surface area contributed by atoms with Crippen molar-refractivity contribution in [1.29, 1.82) is 0 Å². The molecular weight excluding hydrogens is 328 g/mol. The predicted octanol–water partition coefficient (Wildman–Crippen LogP) is 3.34. The Balaban J connectivity index is 1.56. The molecule has 0 saturated carbocycles. The number of hydrogen-bond acceptors (Lipinski definition) is 3. The van der Waals surface area contributed by atoms with Gasteiger partial charge >= 0.3 is 0 Å². The smallest absolute Gasteiger partial charge is 0.253 e. The van der Waals surface area contributed by atoms with Gasteiger partial charge in [-0.05, 0) is 49.9 Å². The highest BCUT2D eigenvalue weighted by Gasteiger charge is 2.35. The quantitative estimate of drug-likeness (QED) is 0.829. The van der Waals surface area contributed by atoms with Crippen molar-refractivity contribution in [2.75, 3.05) is 26.2 Å². The maximum atomic E-state index is 12.6.